The van der Waals surface area contributed by atoms with Crippen LogP contribution in [0.5, 0.6) is 0 Å². The minimum Gasteiger partial charge on any atom is -0.323 e. The molecule has 18 heavy (non-hydrogen) atoms. The summed E-state index contributed by atoms with van der Waals surface area (Å²) in [4.78, 5) is 12.2. The van der Waals surface area contributed by atoms with Crippen molar-refractivity contribution in [3.63, 3.8) is 0 Å². The maximum Gasteiger partial charge on any atom is 0.231 e. The Morgan fingerprint density at radius 1 is 1.22 bits per heavy atom. The molecule has 0 bridgehead atoms. The van der Waals surface area contributed by atoms with Crippen LogP contribution < -0.4 is 10.6 Å². The Balaban J connectivity index is 0.00000120. The van der Waals surface area contributed by atoms with E-state index in [1.807, 2.05) is 6.07 Å². The van der Waals surface area contributed by atoms with Crippen molar-refractivity contribution >= 4 is 24.0 Å². The van der Waals surface area contributed by atoms with Gasteiger partial charge in [0.25, 0.3) is 0 Å². The van der Waals surface area contributed by atoms with Crippen molar-refractivity contribution in [2.24, 2.45) is 5.41 Å². The maximum atomic E-state index is 13.6. The van der Waals surface area contributed by atoms with Crippen molar-refractivity contribution in [2.45, 2.75) is 19.3 Å². The zero-order valence-corrected chi connectivity index (χ0v) is 10.8. The van der Waals surface area contributed by atoms with Crippen molar-refractivity contribution in [1.82, 2.24) is 5.32 Å². The van der Waals surface area contributed by atoms with E-state index < -0.39 is 0 Å². The highest BCUT2D eigenvalue weighted by Crippen LogP contribution is 2.40. The third-order valence-electron chi connectivity index (χ3n) is 3.91. The summed E-state index contributed by atoms with van der Waals surface area (Å²) in [6, 6.07) is 5.00. The van der Waals surface area contributed by atoms with Crippen LogP contribution in [0.25, 0.3) is 0 Å². The average molecular weight is 271 g/mol. The van der Waals surface area contributed by atoms with Gasteiger partial charge in [-0.15, -0.1) is 12.4 Å². The second kappa shape index (κ2) is 4.86. The molecule has 98 valence electrons. The molecule has 1 spiro atoms. The number of para-hydroxylation sites is 1. The first kappa shape index (κ1) is 13.3. The third kappa shape index (κ3) is 1.99. The van der Waals surface area contributed by atoms with E-state index in [2.05, 4.69) is 10.6 Å². The first-order valence-corrected chi connectivity index (χ1v) is 6.01. The summed E-state index contributed by atoms with van der Waals surface area (Å²) in [5, 5.41) is 6.01. The number of anilines is 1. The largest absolute Gasteiger partial charge is 0.323 e. The lowest BCUT2D eigenvalue weighted by atomic mass is 9.71. The summed E-state index contributed by atoms with van der Waals surface area (Å²) in [5.74, 6) is -0.351. The summed E-state index contributed by atoms with van der Waals surface area (Å²) in [7, 11) is 0. The highest BCUT2D eigenvalue weighted by Gasteiger charge is 2.43. The van der Waals surface area contributed by atoms with E-state index in [0.717, 1.165) is 31.5 Å². The van der Waals surface area contributed by atoms with E-state index in [4.69, 9.17) is 0 Å². The van der Waals surface area contributed by atoms with Gasteiger partial charge in [-0.3, -0.25) is 4.79 Å². The number of halogens is 2. The summed E-state index contributed by atoms with van der Waals surface area (Å²) < 4.78 is 13.6. The SMILES string of the molecule is Cl.O=C1Nc2c(F)cccc2CC12CCNCC2. The van der Waals surface area contributed by atoms with Crippen LogP contribution in [0.3, 0.4) is 0 Å². The number of fused-ring (bicyclic) bond motifs is 1. The molecule has 1 saturated heterocycles. The quantitative estimate of drug-likeness (QED) is 0.758. The van der Waals surface area contributed by atoms with Crippen LogP contribution in [0.2, 0.25) is 0 Å². The standard InChI is InChI=1S/C13H15FN2O.ClH/c14-10-3-1-2-9-8-13(4-6-15-7-5-13)12(17)16-11(9)10;/h1-3,15H,4-8H2,(H,16,17);1H. The van der Waals surface area contributed by atoms with Crippen molar-refractivity contribution in [3.8, 4) is 0 Å². The molecule has 2 heterocycles. The summed E-state index contributed by atoms with van der Waals surface area (Å²) in [6.45, 7) is 1.72. The fourth-order valence-electron chi connectivity index (χ4n) is 2.86. The molecule has 2 aliphatic heterocycles. The van der Waals surface area contributed by atoms with Crippen molar-refractivity contribution in [1.29, 1.82) is 0 Å². The molecule has 1 aromatic rings. The number of piperidine rings is 1. The summed E-state index contributed by atoms with van der Waals surface area (Å²) in [6.07, 6.45) is 2.32. The Bertz CT molecular complexity index is 472. The van der Waals surface area contributed by atoms with Gasteiger partial charge in [-0.1, -0.05) is 12.1 Å². The molecule has 1 amide bonds. The highest BCUT2D eigenvalue weighted by atomic mass is 35.5. The Hall–Kier alpha value is -1.13. The van der Waals surface area contributed by atoms with Crippen LogP contribution in [0, 0.1) is 11.2 Å². The molecular formula is C13H16ClFN2O. The summed E-state index contributed by atoms with van der Waals surface area (Å²) in [5.41, 5.74) is 0.972. The van der Waals surface area contributed by atoms with Gasteiger partial charge in [0.2, 0.25) is 5.91 Å². The number of nitrogens with one attached hydrogen (secondary N) is 2. The molecule has 3 nitrogen and oxygen atoms in total. The normalized spacial score (nSPS) is 20.8. The molecule has 2 N–H and O–H groups in total. The molecule has 0 atom stereocenters. The van der Waals surface area contributed by atoms with Gasteiger partial charge in [-0.2, -0.15) is 0 Å². The number of hydrogen-bond acceptors (Lipinski definition) is 2. The number of carbonyl (C=O) groups is 1. The fraction of sp³-hybridized carbons (Fsp3) is 0.462. The van der Waals surface area contributed by atoms with Gasteiger partial charge >= 0.3 is 0 Å². The molecule has 0 aliphatic carbocycles. The van der Waals surface area contributed by atoms with Crippen molar-refractivity contribution in [2.75, 3.05) is 18.4 Å². The first-order chi connectivity index (χ1) is 8.21. The van der Waals surface area contributed by atoms with E-state index in [9.17, 15) is 9.18 Å². The minimum atomic E-state index is -0.334. The predicted octanol–water partition coefficient (Wildman–Crippen LogP) is 2.11. The lowest BCUT2D eigenvalue weighted by Gasteiger charge is -2.40. The van der Waals surface area contributed by atoms with Crippen molar-refractivity contribution in [3.05, 3.63) is 29.6 Å². The van der Waals surface area contributed by atoms with Crippen molar-refractivity contribution < 1.29 is 9.18 Å². The molecule has 0 saturated carbocycles. The number of amides is 1. The zero-order valence-electron chi connectivity index (χ0n) is 9.96. The van der Waals surface area contributed by atoms with Gasteiger partial charge in [0.1, 0.15) is 5.82 Å². The Labute approximate surface area is 112 Å². The molecule has 5 heteroatoms. The van der Waals surface area contributed by atoms with Crippen LogP contribution in [-0.2, 0) is 11.2 Å². The zero-order chi connectivity index (χ0) is 11.9. The van der Waals surface area contributed by atoms with E-state index in [1.54, 1.807) is 6.07 Å². The maximum absolute atomic E-state index is 13.6. The summed E-state index contributed by atoms with van der Waals surface area (Å²) >= 11 is 0. The molecular weight excluding hydrogens is 255 g/mol. The van der Waals surface area contributed by atoms with E-state index >= 15 is 0 Å². The molecule has 1 aromatic carbocycles. The van der Waals surface area contributed by atoms with E-state index in [-0.39, 0.29) is 29.5 Å². The van der Waals surface area contributed by atoms with E-state index in [1.165, 1.54) is 6.07 Å². The van der Waals surface area contributed by atoms with Gasteiger partial charge in [-0.05, 0) is 44.0 Å². The number of rotatable bonds is 0. The average Bonchev–Trinajstić information content (AvgIpc) is 2.33. The van der Waals surface area contributed by atoms with Gasteiger partial charge in [0.15, 0.2) is 0 Å². The van der Waals surface area contributed by atoms with Gasteiger partial charge < -0.3 is 10.6 Å². The number of benzene rings is 1. The van der Waals surface area contributed by atoms with Gasteiger partial charge in [-0.25, -0.2) is 4.39 Å². The van der Waals surface area contributed by atoms with Gasteiger partial charge in [0, 0.05) is 0 Å². The smallest absolute Gasteiger partial charge is 0.231 e. The molecule has 0 radical (unpaired) electrons. The third-order valence-corrected chi connectivity index (χ3v) is 3.91. The molecule has 3 rings (SSSR count). The Kier molecular flexibility index (Phi) is 3.59. The topological polar surface area (TPSA) is 41.1 Å². The lowest BCUT2D eigenvalue weighted by Crippen LogP contribution is -2.48. The highest BCUT2D eigenvalue weighted by molar-refractivity contribution is 5.98. The first-order valence-electron chi connectivity index (χ1n) is 6.01. The molecule has 0 aromatic heterocycles. The molecule has 2 aliphatic rings. The van der Waals surface area contributed by atoms with E-state index in [0.29, 0.717) is 12.1 Å². The number of carbonyl (C=O) groups excluding carboxylic acids is 1. The minimum absolute atomic E-state index is 0. The monoisotopic (exact) mass is 270 g/mol. The second-order valence-electron chi connectivity index (χ2n) is 4.94. The van der Waals surface area contributed by atoms with Crippen LogP contribution >= 0.6 is 12.4 Å². The lowest BCUT2D eigenvalue weighted by molar-refractivity contribution is -0.127. The van der Waals surface area contributed by atoms with Crippen LogP contribution in [0.1, 0.15) is 18.4 Å². The predicted molar refractivity (Wildman–Crippen MR) is 70.5 cm³/mol. The second-order valence-corrected chi connectivity index (χ2v) is 4.94. The van der Waals surface area contributed by atoms with Gasteiger partial charge in [0.05, 0.1) is 11.1 Å². The fourth-order valence-corrected chi connectivity index (χ4v) is 2.86. The van der Waals surface area contributed by atoms with Crippen LogP contribution in [-0.4, -0.2) is 19.0 Å². The Morgan fingerprint density at radius 2 is 1.94 bits per heavy atom. The number of hydrogen-bond donors (Lipinski definition) is 2. The van der Waals surface area contributed by atoms with Crippen LogP contribution in [0.4, 0.5) is 10.1 Å². The molecule has 0 unspecified atom stereocenters. The molecule has 1 fully saturated rings. The Morgan fingerprint density at radius 3 is 2.67 bits per heavy atom. The van der Waals surface area contributed by atoms with Crippen LogP contribution in [0.15, 0.2) is 18.2 Å².